The molecule has 0 heterocycles. The van der Waals surface area contributed by atoms with Crippen molar-refractivity contribution in [3.63, 3.8) is 0 Å². The maximum atomic E-state index is 13.5. The van der Waals surface area contributed by atoms with Crippen molar-refractivity contribution in [2.45, 2.75) is 31.0 Å². The van der Waals surface area contributed by atoms with Crippen LogP contribution >= 0.6 is 35.0 Å². The number of carbonyl (C=O) groups is 1. The Labute approximate surface area is 181 Å². The minimum Gasteiger partial charge on any atom is -0.480 e. The molecule has 0 saturated carbocycles. The molecule has 3 N–H and O–H groups in total. The average molecular weight is 466 g/mol. The fourth-order valence-corrected chi connectivity index (χ4v) is 4.32. The van der Waals surface area contributed by atoms with Crippen molar-refractivity contribution in [3.8, 4) is 11.1 Å². The Morgan fingerprint density at radius 1 is 1.07 bits per heavy atom. The molecule has 0 aliphatic carbocycles. The molecule has 158 valence electrons. The first-order chi connectivity index (χ1) is 13.6. The summed E-state index contributed by atoms with van der Waals surface area (Å²) in [6, 6.07) is 10.1. The van der Waals surface area contributed by atoms with Crippen molar-refractivity contribution in [2.75, 3.05) is 11.5 Å². The zero-order chi connectivity index (χ0) is 21.6. The third-order valence-corrected chi connectivity index (χ3v) is 5.99. The zero-order valence-electron chi connectivity index (χ0n) is 15.3. The Balaban J connectivity index is 2.04. The predicted molar refractivity (Wildman–Crippen MR) is 113 cm³/mol. The van der Waals surface area contributed by atoms with Gasteiger partial charge in [-0.3, -0.25) is 4.79 Å². The summed E-state index contributed by atoms with van der Waals surface area (Å²) < 4.78 is 40.6. The van der Waals surface area contributed by atoms with Crippen LogP contribution in [0.25, 0.3) is 11.1 Å². The van der Waals surface area contributed by atoms with Crippen molar-refractivity contribution >= 4 is 40.9 Å². The highest BCUT2D eigenvalue weighted by atomic mass is 35.5. The van der Waals surface area contributed by atoms with Gasteiger partial charge in [-0.25, -0.2) is 0 Å². The summed E-state index contributed by atoms with van der Waals surface area (Å²) in [4.78, 5) is 10.7. The first kappa shape index (κ1) is 23.9. The van der Waals surface area contributed by atoms with Crippen LogP contribution in [0.5, 0.6) is 0 Å². The zero-order valence-corrected chi connectivity index (χ0v) is 17.6. The minimum absolute atomic E-state index is 0.0997. The van der Waals surface area contributed by atoms with E-state index in [4.69, 9.17) is 34.0 Å². The van der Waals surface area contributed by atoms with Crippen LogP contribution in [-0.2, 0) is 4.79 Å². The fourth-order valence-electron chi connectivity index (χ4n) is 2.77. The number of carboxylic acids is 1. The van der Waals surface area contributed by atoms with Crippen LogP contribution in [0.3, 0.4) is 0 Å². The van der Waals surface area contributed by atoms with Crippen LogP contribution in [0.2, 0.25) is 10.0 Å². The number of rotatable bonds is 9. The Bertz CT molecular complexity index is 831. The minimum atomic E-state index is -4.38. The fraction of sp³-hybridized carbons (Fsp3) is 0.350. The summed E-state index contributed by atoms with van der Waals surface area (Å²) in [5, 5.41) is 9.63. The summed E-state index contributed by atoms with van der Waals surface area (Å²) in [5.74, 6) is -2.06. The van der Waals surface area contributed by atoms with E-state index in [9.17, 15) is 18.0 Å². The second-order valence-electron chi connectivity index (χ2n) is 6.47. The van der Waals surface area contributed by atoms with Crippen molar-refractivity contribution in [1.82, 2.24) is 0 Å². The third-order valence-electron chi connectivity index (χ3n) is 4.39. The summed E-state index contributed by atoms with van der Waals surface area (Å²) >= 11 is 13.3. The number of hydrogen-bond acceptors (Lipinski definition) is 3. The van der Waals surface area contributed by atoms with Crippen molar-refractivity contribution in [3.05, 3.63) is 58.1 Å². The standard InChI is InChI=1S/C20H20Cl2F3NO2S/c21-14-5-6-15(17(22)11-14)12-1-3-13(4-2-12)16(20(23,24)25)7-9-29-10-8-18(26)19(27)28/h1-6,11,16,18H,7-10,26H2,(H,27,28). The topological polar surface area (TPSA) is 63.3 Å². The first-order valence-corrected chi connectivity index (χ1v) is 10.7. The number of nitrogens with two attached hydrogens (primary N) is 1. The molecule has 0 bridgehead atoms. The molecule has 9 heteroatoms. The molecule has 2 rings (SSSR count). The second kappa shape index (κ2) is 10.6. The van der Waals surface area contributed by atoms with E-state index >= 15 is 0 Å². The second-order valence-corrected chi connectivity index (χ2v) is 8.54. The molecule has 0 saturated heterocycles. The monoisotopic (exact) mass is 465 g/mol. The number of alkyl halides is 3. The molecule has 0 fully saturated rings. The van der Waals surface area contributed by atoms with Gasteiger partial charge in [-0.15, -0.1) is 0 Å². The average Bonchev–Trinajstić information content (AvgIpc) is 2.63. The highest BCUT2D eigenvalue weighted by molar-refractivity contribution is 7.99. The van der Waals surface area contributed by atoms with Crippen molar-refractivity contribution < 1.29 is 23.1 Å². The van der Waals surface area contributed by atoms with Gasteiger partial charge in [-0.1, -0.05) is 53.5 Å². The van der Waals surface area contributed by atoms with Gasteiger partial charge < -0.3 is 10.8 Å². The molecule has 2 aromatic rings. The lowest BCUT2D eigenvalue weighted by molar-refractivity contribution is -0.150. The van der Waals surface area contributed by atoms with Crippen molar-refractivity contribution in [1.29, 1.82) is 0 Å². The molecule has 2 atom stereocenters. The Morgan fingerprint density at radius 3 is 2.24 bits per heavy atom. The van der Waals surface area contributed by atoms with E-state index in [1.54, 1.807) is 30.3 Å². The van der Waals surface area contributed by atoms with E-state index in [0.717, 1.165) is 0 Å². The van der Waals surface area contributed by atoms with E-state index in [-0.39, 0.29) is 24.2 Å². The van der Waals surface area contributed by atoms with Crippen LogP contribution in [0.15, 0.2) is 42.5 Å². The van der Waals surface area contributed by atoms with E-state index in [0.29, 0.717) is 26.9 Å². The van der Waals surface area contributed by atoms with E-state index in [1.165, 1.54) is 23.9 Å². The van der Waals surface area contributed by atoms with Crippen LogP contribution < -0.4 is 5.73 Å². The van der Waals surface area contributed by atoms with Gasteiger partial charge in [-0.2, -0.15) is 24.9 Å². The molecular weight excluding hydrogens is 446 g/mol. The molecule has 29 heavy (non-hydrogen) atoms. The molecule has 0 amide bonds. The van der Waals surface area contributed by atoms with Crippen LogP contribution in [-0.4, -0.2) is 34.8 Å². The predicted octanol–water partition coefficient (Wildman–Crippen LogP) is 6.23. The number of benzene rings is 2. The molecule has 0 spiro atoms. The number of hydrogen-bond donors (Lipinski definition) is 2. The molecule has 0 aliphatic rings. The SMILES string of the molecule is NC(CCSCCC(c1ccc(-c2ccc(Cl)cc2Cl)cc1)C(F)(F)F)C(=O)O. The van der Waals surface area contributed by atoms with Crippen molar-refractivity contribution in [2.24, 2.45) is 5.73 Å². The molecular formula is C20H20Cl2F3NO2S. The lowest BCUT2D eigenvalue weighted by Gasteiger charge is -2.21. The molecule has 0 aromatic heterocycles. The molecule has 0 aliphatic heterocycles. The number of aliphatic carboxylic acids is 1. The van der Waals surface area contributed by atoms with Gasteiger partial charge in [-0.05, 0) is 47.6 Å². The highest BCUT2D eigenvalue weighted by Crippen LogP contribution is 2.39. The van der Waals surface area contributed by atoms with E-state index in [2.05, 4.69) is 0 Å². The number of thioether (sulfide) groups is 1. The Hall–Kier alpha value is -1.41. The highest BCUT2D eigenvalue weighted by Gasteiger charge is 2.40. The van der Waals surface area contributed by atoms with Crippen LogP contribution in [0, 0.1) is 0 Å². The summed E-state index contributed by atoms with van der Waals surface area (Å²) in [6.45, 7) is 0. The smallest absolute Gasteiger partial charge is 0.395 e. The van der Waals surface area contributed by atoms with E-state index < -0.39 is 24.1 Å². The van der Waals surface area contributed by atoms with Crippen LogP contribution in [0.1, 0.15) is 24.3 Å². The maximum absolute atomic E-state index is 13.5. The molecule has 2 unspecified atom stereocenters. The number of carboxylic acid groups (broad SMARTS) is 1. The van der Waals surface area contributed by atoms with Gasteiger partial charge >= 0.3 is 12.1 Å². The van der Waals surface area contributed by atoms with Gasteiger partial charge in [0.15, 0.2) is 0 Å². The molecule has 2 aromatic carbocycles. The third kappa shape index (κ3) is 7.10. The van der Waals surface area contributed by atoms with Crippen LogP contribution in [0.4, 0.5) is 13.2 Å². The van der Waals surface area contributed by atoms with Gasteiger partial charge in [0.25, 0.3) is 0 Å². The van der Waals surface area contributed by atoms with Gasteiger partial charge in [0, 0.05) is 15.6 Å². The first-order valence-electron chi connectivity index (χ1n) is 8.78. The van der Waals surface area contributed by atoms with Gasteiger partial charge in [0.1, 0.15) is 6.04 Å². The molecule has 3 nitrogen and oxygen atoms in total. The Morgan fingerprint density at radius 2 is 1.69 bits per heavy atom. The summed E-state index contributed by atoms with van der Waals surface area (Å²) in [5.41, 5.74) is 6.96. The maximum Gasteiger partial charge on any atom is 0.395 e. The largest absolute Gasteiger partial charge is 0.480 e. The normalized spacial score (nSPS) is 13.9. The van der Waals surface area contributed by atoms with E-state index in [1.807, 2.05) is 0 Å². The summed E-state index contributed by atoms with van der Waals surface area (Å²) in [6.07, 6.45) is -4.26. The number of halogens is 5. The lowest BCUT2D eigenvalue weighted by atomic mass is 9.93. The lowest BCUT2D eigenvalue weighted by Crippen LogP contribution is -2.30. The summed E-state index contributed by atoms with van der Waals surface area (Å²) in [7, 11) is 0. The van der Waals surface area contributed by atoms with Gasteiger partial charge in [0.2, 0.25) is 0 Å². The quantitative estimate of drug-likeness (QED) is 0.430. The molecule has 0 radical (unpaired) electrons. The Kier molecular flexibility index (Phi) is 8.70. The van der Waals surface area contributed by atoms with Gasteiger partial charge in [0.05, 0.1) is 5.92 Å².